The Labute approximate surface area is 287 Å². The quantitative estimate of drug-likeness (QED) is 0.186. The van der Waals surface area contributed by atoms with Gasteiger partial charge in [0.05, 0.1) is 5.69 Å². The molecule has 0 aliphatic heterocycles. The molecule has 2 aromatic heterocycles. The maximum Gasteiger partial charge on any atom is 0.159 e. The van der Waals surface area contributed by atoms with Crippen molar-refractivity contribution in [2.24, 2.45) is 0 Å². The van der Waals surface area contributed by atoms with E-state index in [0.29, 0.717) is 0 Å². The molecule has 8 aromatic carbocycles. The number of hydrogen-bond donors (Lipinski definition) is 0. The molecule has 0 spiro atoms. The van der Waals surface area contributed by atoms with Crippen LogP contribution in [0.2, 0.25) is 0 Å². The Balaban J connectivity index is 1.23. The predicted molar refractivity (Wildman–Crippen MR) is 210 cm³/mol. The Morgan fingerprint density at radius 1 is 0.367 bits per heavy atom. The lowest BCUT2D eigenvalue weighted by molar-refractivity contribution is 0.673. The average Bonchev–Trinajstić information content (AvgIpc) is 3.74. The van der Waals surface area contributed by atoms with Crippen molar-refractivity contribution >= 4 is 81.3 Å². The smallest absolute Gasteiger partial charge is 0.159 e. The summed E-state index contributed by atoms with van der Waals surface area (Å²) in [5, 5.41) is 7.07. The van der Waals surface area contributed by atoms with E-state index in [4.69, 9.17) is 4.42 Å². The van der Waals surface area contributed by atoms with Crippen molar-refractivity contribution < 1.29 is 4.42 Å². The zero-order valence-electron chi connectivity index (χ0n) is 26.5. The van der Waals surface area contributed by atoms with Gasteiger partial charge in [0.1, 0.15) is 5.58 Å². The normalized spacial score (nSPS) is 11.7. The van der Waals surface area contributed by atoms with E-state index in [2.05, 4.69) is 181 Å². The van der Waals surface area contributed by atoms with Gasteiger partial charge in [-0.25, -0.2) is 0 Å². The number of fused-ring (bicyclic) bond motifs is 8. The summed E-state index contributed by atoms with van der Waals surface area (Å²) in [5.41, 5.74) is 9.74. The molecular formula is C46H29NOS. The highest BCUT2D eigenvalue weighted by atomic mass is 32.1. The third kappa shape index (κ3) is 4.55. The van der Waals surface area contributed by atoms with Crippen LogP contribution in [0.1, 0.15) is 0 Å². The molecular weight excluding hydrogens is 615 g/mol. The zero-order valence-corrected chi connectivity index (χ0v) is 27.3. The Morgan fingerprint density at radius 3 is 1.76 bits per heavy atom. The number of benzene rings is 8. The fourth-order valence-electron chi connectivity index (χ4n) is 7.35. The van der Waals surface area contributed by atoms with Gasteiger partial charge in [-0.05, 0) is 76.2 Å². The molecule has 10 aromatic rings. The molecule has 0 amide bonds. The van der Waals surface area contributed by atoms with E-state index in [1.54, 1.807) is 0 Å². The number of furan rings is 1. The van der Waals surface area contributed by atoms with Crippen molar-refractivity contribution in [1.82, 2.24) is 0 Å². The number of anilines is 3. The van der Waals surface area contributed by atoms with Gasteiger partial charge in [-0.3, -0.25) is 0 Å². The summed E-state index contributed by atoms with van der Waals surface area (Å²) in [6.45, 7) is 0. The Morgan fingerprint density at radius 2 is 0.959 bits per heavy atom. The van der Waals surface area contributed by atoms with Crippen molar-refractivity contribution in [1.29, 1.82) is 0 Å². The first-order valence-electron chi connectivity index (χ1n) is 16.6. The molecule has 2 nitrogen and oxygen atoms in total. The molecule has 0 aliphatic rings. The van der Waals surface area contributed by atoms with Gasteiger partial charge < -0.3 is 9.32 Å². The second kappa shape index (κ2) is 11.2. The highest BCUT2D eigenvalue weighted by Gasteiger charge is 2.22. The summed E-state index contributed by atoms with van der Waals surface area (Å²) < 4.78 is 9.59. The minimum atomic E-state index is 0.871. The molecule has 230 valence electrons. The van der Waals surface area contributed by atoms with Crippen LogP contribution >= 0.6 is 11.3 Å². The van der Waals surface area contributed by atoms with Crippen LogP contribution in [0.4, 0.5) is 17.1 Å². The number of rotatable bonds is 5. The van der Waals surface area contributed by atoms with E-state index in [0.717, 1.165) is 44.4 Å². The van der Waals surface area contributed by atoms with Crippen LogP contribution in [0.3, 0.4) is 0 Å². The largest absolute Gasteiger partial charge is 0.453 e. The fraction of sp³-hybridized carbons (Fsp3) is 0. The molecule has 0 atom stereocenters. The molecule has 0 unspecified atom stereocenters. The molecule has 3 heteroatoms. The van der Waals surface area contributed by atoms with Crippen molar-refractivity contribution in [2.45, 2.75) is 0 Å². The molecule has 49 heavy (non-hydrogen) atoms. The van der Waals surface area contributed by atoms with Gasteiger partial charge in [-0.1, -0.05) is 127 Å². The van der Waals surface area contributed by atoms with Crippen LogP contribution in [-0.2, 0) is 0 Å². The van der Waals surface area contributed by atoms with E-state index < -0.39 is 0 Å². The molecule has 10 rings (SSSR count). The van der Waals surface area contributed by atoms with Gasteiger partial charge in [0.15, 0.2) is 5.58 Å². The summed E-state index contributed by atoms with van der Waals surface area (Å²) in [5.74, 6) is 0. The lowest BCUT2D eigenvalue weighted by atomic mass is 9.95. The van der Waals surface area contributed by atoms with Crippen LogP contribution in [0.5, 0.6) is 0 Å². The summed E-state index contributed by atoms with van der Waals surface area (Å²) in [6.07, 6.45) is 0. The van der Waals surface area contributed by atoms with Gasteiger partial charge in [-0.15, -0.1) is 11.3 Å². The highest BCUT2D eigenvalue weighted by molar-refractivity contribution is 7.25. The first-order valence-corrected chi connectivity index (χ1v) is 17.4. The predicted octanol–water partition coefficient (Wildman–Crippen LogP) is 13.9. The van der Waals surface area contributed by atoms with E-state index >= 15 is 0 Å². The minimum Gasteiger partial charge on any atom is -0.453 e. The van der Waals surface area contributed by atoms with Crippen molar-refractivity contribution in [2.75, 3.05) is 4.90 Å². The Kier molecular flexibility index (Phi) is 6.39. The highest BCUT2D eigenvalue weighted by Crippen LogP contribution is 2.46. The second-order valence-corrected chi connectivity index (χ2v) is 13.6. The van der Waals surface area contributed by atoms with Gasteiger partial charge in [0.25, 0.3) is 0 Å². The van der Waals surface area contributed by atoms with E-state index in [1.165, 1.54) is 47.8 Å². The third-order valence-corrected chi connectivity index (χ3v) is 10.8. The van der Waals surface area contributed by atoms with Crippen LogP contribution in [-0.4, -0.2) is 0 Å². The lowest BCUT2D eigenvalue weighted by Gasteiger charge is -2.26. The van der Waals surface area contributed by atoms with Gasteiger partial charge >= 0.3 is 0 Å². The molecule has 0 radical (unpaired) electrons. The first-order chi connectivity index (χ1) is 24.3. The SMILES string of the molecule is c1ccc(-c2ccc(N(c3ccc4sc5ccccc5c4c3)c3cccc4c3oc3c5ccccc5c(-c5ccccc5)cc43)cc2)cc1. The lowest BCUT2D eigenvalue weighted by Crippen LogP contribution is -2.10. The van der Waals surface area contributed by atoms with Crippen molar-refractivity contribution in [3.05, 3.63) is 176 Å². The van der Waals surface area contributed by atoms with Crippen LogP contribution < -0.4 is 4.90 Å². The zero-order chi connectivity index (χ0) is 32.3. The van der Waals surface area contributed by atoms with Gasteiger partial charge in [0.2, 0.25) is 0 Å². The van der Waals surface area contributed by atoms with Crippen LogP contribution in [0.15, 0.2) is 180 Å². The minimum absolute atomic E-state index is 0.871. The number of para-hydroxylation sites is 1. The maximum absolute atomic E-state index is 7.01. The molecule has 0 saturated heterocycles. The third-order valence-electron chi connectivity index (χ3n) is 9.66. The van der Waals surface area contributed by atoms with Crippen molar-refractivity contribution in [3.8, 4) is 22.3 Å². The number of thiophene rings is 1. The van der Waals surface area contributed by atoms with E-state index in [9.17, 15) is 0 Å². The van der Waals surface area contributed by atoms with Gasteiger partial charge in [-0.2, -0.15) is 0 Å². The molecule has 2 heterocycles. The van der Waals surface area contributed by atoms with Crippen LogP contribution in [0, 0.1) is 0 Å². The molecule has 0 saturated carbocycles. The van der Waals surface area contributed by atoms with E-state index in [1.807, 2.05) is 11.3 Å². The Bertz CT molecular complexity index is 2810. The molecule has 0 N–H and O–H groups in total. The monoisotopic (exact) mass is 643 g/mol. The molecule has 0 aliphatic carbocycles. The topological polar surface area (TPSA) is 16.4 Å². The van der Waals surface area contributed by atoms with E-state index in [-0.39, 0.29) is 0 Å². The summed E-state index contributed by atoms with van der Waals surface area (Å²) in [7, 11) is 0. The second-order valence-electron chi connectivity index (χ2n) is 12.5. The summed E-state index contributed by atoms with van der Waals surface area (Å²) in [6, 6.07) is 63.1. The van der Waals surface area contributed by atoms with Crippen molar-refractivity contribution in [3.63, 3.8) is 0 Å². The van der Waals surface area contributed by atoms with Gasteiger partial charge in [0, 0.05) is 47.7 Å². The standard InChI is InChI=1S/C46H29NOS/c1-3-12-30(13-4-1)31-22-24-33(25-23-31)47(34-26-27-44-40(28-34)36-17-9-10-21-43(36)49-44)42-20-11-19-38-41-29-39(32-14-5-2-6-15-32)35-16-7-8-18-37(35)45(41)48-46(38)42/h1-29H. The van der Waals surface area contributed by atoms with Crippen LogP contribution in [0.25, 0.3) is 75.1 Å². The summed E-state index contributed by atoms with van der Waals surface area (Å²) >= 11 is 1.84. The first kappa shape index (κ1) is 27.9. The summed E-state index contributed by atoms with van der Waals surface area (Å²) in [4.78, 5) is 2.35. The average molecular weight is 644 g/mol. The molecule has 0 bridgehead atoms. The fourth-order valence-corrected chi connectivity index (χ4v) is 8.44. The number of hydrogen-bond acceptors (Lipinski definition) is 3. The Hall–Kier alpha value is -6.16. The number of nitrogens with zero attached hydrogens (tertiary/aromatic N) is 1. The maximum atomic E-state index is 7.01. The molecule has 0 fully saturated rings.